The van der Waals surface area contributed by atoms with E-state index >= 15 is 0 Å². The lowest BCUT2D eigenvalue weighted by molar-refractivity contribution is -0.139. The Balaban J connectivity index is 1.52. The van der Waals surface area contributed by atoms with Crippen LogP contribution in [0.2, 0.25) is 0 Å². The van der Waals surface area contributed by atoms with Gasteiger partial charge in [0.2, 0.25) is 11.3 Å². The maximum absolute atomic E-state index is 13.1. The van der Waals surface area contributed by atoms with Crippen molar-refractivity contribution in [2.45, 2.75) is 12.6 Å². The van der Waals surface area contributed by atoms with Gasteiger partial charge in [-0.2, -0.15) is 5.10 Å². The Morgan fingerprint density at radius 3 is 2.78 bits per heavy atom. The van der Waals surface area contributed by atoms with Gasteiger partial charge in [0.1, 0.15) is 18.5 Å². The van der Waals surface area contributed by atoms with Gasteiger partial charge in [-0.1, -0.05) is 24.3 Å². The van der Waals surface area contributed by atoms with Crippen molar-refractivity contribution in [1.82, 2.24) is 14.7 Å². The fourth-order valence-electron chi connectivity index (χ4n) is 3.27. The maximum Gasteiger partial charge on any atom is 0.244 e. The van der Waals surface area contributed by atoms with Crippen LogP contribution in [0.25, 0.3) is 10.9 Å². The average molecular weight is 367 g/mol. The molecule has 1 saturated heterocycles. The van der Waals surface area contributed by atoms with E-state index in [2.05, 4.69) is 5.10 Å². The van der Waals surface area contributed by atoms with E-state index in [9.17, 15) is 14.0 Å². The van der Waals surface area contributed by atoms with Crippen molar-refractivity contribution in [1.29, 1.82) is 0 Å². The Labute approximate surface area is 154 Å². The summed E-state index contributed by atoms with van der Waals surface area (Å²) in [5.74, 6) is -0.412. The number of aromatic nitrogens is 2. The summed E-state index contributed by atoms with van der Waals surface area (Å²) < 4.78 is 20.4. The molecule has 27 heavy (non-hydrogen) atoms. The molecule has 1 amide bonds. The third-order valence-electron chi connectivity index (χ3n) is 4.71. The second-order valence-electron chi connectivity index (χ2n) is 6.43. The number of nitrogens with zero attached hydrogens (tertiary/aromatic N) is 3. The number of hydrogen-bond acceptors (Lipinski definition) is 4. The molecule has 0 spiro atoms. The molecule has 3 aromatic rings. The van der Waals surface area contributed by atoms with Gasteiger partial charge in [-0.25, -0.2) is 4.39 Å². The first-order chi connectivity index (χ1) is 13.1. The van der Waals surface area contributed by atoms with Crippen molar-refractivity contribution in [3.8, 4) is 0 Å². The second-order valence-corrected chi connectivity index (χ2v) is 6.43. The number of carbonyl (C=O) groups is 1. The summed E-state index contributed by atoms with van der Waals surface area (Å²) in [6.45, 7) is 1.32. The molecule has 1 unspecified atom stereocenters. The first-order valence-electron chi connectivity index (χ1n) is 8.71. The molecule has 2 heterocycles. The third-order valence-corrected chi connectivity index (χ3v) is 4.71. The van der Waals surface area contributed by atoms with Gasteiger partial charge in [0, 0.05) is 11.9 Å². The number of hydrogen-bond donors (Lipinski definition) is 0. The van der Waals surface area contributed by atoms with Crippen molar-refractivity contribution in [2.75, 3.05) is 19.7 Å². The van der Waals surface area contributed by atoms with Crippen LogP contribution in [0, 0.1) is 5.82 Å². The molecule has 1 aliphatic rings. The molecular weight excluding hydrogens is 349 g/mol. The molecule has 1 aromatic heterocycles. The molecule has 0 N–H and O–H groups in total. The molecular formula is C20H18FN3O3. The lowest BCUT2D eigenvalue weighted by Gasteiger charge is -2.33. The fourth-order valence-corrected chi connectivity index (χ4v) is 3.27. The van der Waals surface area contributed by atoms with Crippen LogP contribution in [0.15, 0.2) is 59.5 Å². The first-order valence-corrected chi connectivity index (χ1v) is 8.71. The molecule has 138 valence electrons. The Morgan fingerprint density at radius 2 is 1.96 bits per heavy atom. The SMILES string of the molecule is O=C(Cn1ncc(=O)c2ccccc21)N1CCOC(c2ccc(F)cc2)C1. The number of morpholine rings is 1. The van der Waals surface area contributed by atoms with Crippen LogP contribution in [-0.4, -0.2) is 40.3 Å². The van der Waals surface area contributed by atoms with Gasteiger partial charge in [0.05, 0.1) is 24.9 Å². The molecule has 0 aliphatic carbocycles. The van der Waals surface area contributed by atoms with Crippen LogP contribution in [0.4, 0.5) is 4.39 Å². The maximum atomic E-state index is 13.1. The number of rotatable bonds is 3. The highest BCUT2D eigenvalue weighted by atomic mass is 19.1. The number of amides is 1. The van der Waals surface area contributed by atoms with Crippen LogP contribution in [-0.2, 0) is 16.1 Å². The van der Waals surface area contributed by atoms with E-state index in [1.165, 1.54) is 18.3 Å². The molecule has 1 atom stereocenters. The van der Waals surface area contributed by atoms with E-state index < -0.39 is 0 Å². The highest BCUT2D eigenvalue weighted by Crippen LogP contribution is 2.22. The minimum absolute atomic E-state index is 0.0386. The minimum Gasteiger partial charge on any atom is -0.370 e. The zero-order chi connectivity index (χ0) is 18.8. The zero-order valence-corrected chi connectivity index (χ0v) is 14.5. The fraction of sp³-hybridized carbons (Fsp3) is 0.250. The molecule has 6 nitrogen and oxygen atoms in total. The Bertz CT molecular complexity index is 1030. The van der Waals surface area contributed by atoms with Crippen molar-refractivity contribution < 1.29 is 13.9 Å². The van der Waals surface area contributed by atoms with Gasteiger partial charge in [-0.3, -0.25) is 14.3 Å². The van der Waals surface area contributed by atoms with Crippen LogP contribution >= 0.6 is 0 Å². The summed E-state index contributed by atoms with van der Waals surface area (Å²) >= 11 is 0. The molecule has 7 heteroatoms. The van der Waals surface area contributed by atoms with E-state index in [0.717, 1.165) is 5.56 Å². The normalized spacial score (nSPS) is 17.2. The number of halogens is 1. The molecule has 1 aliphatic heterocycles. The van der Waals surface area contributed by atoms with Gasteiger partial charge in [0.25, 0.3) is 0 Å². The topological polar surface area (TPSA) is 64.4 Å². The van der Waals surface area contributed by atoms with Crippen molar-refractivity contribution >= 4 is 16.8 Å². The smallest absolute Gasteiger partial charge is 0.244 e. The molecule has 1 fully saturated rings. The summed E-state index contributed by atoms with van der Waals surface area (Å²) in [6.07, 6.45) is 0.943. The van der Waals surface area contributed by atoms with Gasteiger partial charge >= 0.3 is 0 Å². The summed E-state index contributed by atoms with van der Waals surface area (Å²) in [6, 6.07) is 13.2. The highest BCUT2D eigenvalue weighted by Gasteiger charge is 2.25. The highest BCUT2D eigenvalue weighted by molar-refractivity contribution is 5.81. The standard InChI is InChI=1S/C20H18FN3O3/c21-15-7-5-14(6-8-15)19-12-23(9-10-27-19)20(26)13-24-17-4-2-1-3-16(17)18(25)11-22-24/h1-8,11,19H,9-10,12-13H2. The van der Waals surface area contributed by atoms with Crippen molar-refractivity contribution in [3.05, 3.63) is 76.3 Å². The number of fused-ring (bicyclic) bond motifs is 1. The zero-order valence-electron chi connectivity index (χ0n) is 14.5. The quantitative estimate of drug-likeness (QED) is 0.712. The van der Waals surface area contributed by atoms with Crippen LogP contribution in [0.1, 0.15) is 11.7 Å². The van der Waals surface area contributed by atoms with Crippen LogP contribution < -0.4 is 5.43 Å². The minimum atomic E-state index is -0.307. The largest absolute Gasteiger partial charge is 0.370 e. The Hall–Kier alpha value is -3.06. The van der Waals surface area contributed by atoms with E-state index in [4.69, 9.17) is 4.74 Å². The van der Waals surface area contributed by atoms with Gasteiger partial charge in [-0.15, -0.1) is 0 Å². The monoisotopic (exact) mass is 367 g/mol. The van der Waals surface area contributed by atoms with E-state index in [-0.39, 0.29) is 29.8 Å². The van der Waals surface area contributed by atoms with Crippen molar-refractivity contribution in [3.63, 3.8) is 0 Å². The van der Waals surface area contributed by atoms with Gasteiger partial charge in [-0.05, 0) is 29.8 Å². The van der Waals surface area contributed by atoms with Crippen LogP contribution in [0.5, 0.6) is 0 Å². The summed E-state index contributed by atoms with van der Waals surface area (Å²) in [7, 11) is 0. The van der Waals surface area contributed by atoms with Gasteiger partial charge in [0.15, 0.2) is 0 Å². The average Bonchev–Trinajstić information content (AvgIpc) is 2.71. The molecule has 0 bridgehead atoms. The summed E-state index contributed by atoms with van der Waals surface area (Å²) in [5, 5.41) is 4.65. The molecule has 0 radical (unpaired) electrons. The van der Waals surface area contributed by atoms with E-state index in [1.807, 2.05) is 6.07 Å². The predicted octanol–water partition coefficient (Wildman–Crippen LogP) is 2.14. The first kappa shape index (κ1) is 17.4. The lowest BCUT2D eigenvalue weighted by Crippen LogP contribution is -2.44. The van der Waals surface area contributed by atoms with E-state index in [0.29, 0.717) is 30.6 Å². The number of ether oxygens (including phenoxy) is 1. The number of para-hydroxylation sites is 1. The summed E-state index contributed by atoms with van der Waals surface area (Å²) in [5.41, 5.74) is 1.29. The lowest BCUT2D eigenvalue weighted by atomic mass is 10.1. The Kier molecular flexibility index (Phi) is 4.68. The predicted molar refractivity (Wildman–Crippen MR) is 97.7 cm³/mol. The molecule has 0 saturated carbocycles. The van der Waals surface area contributed by atoms with Gasteiger partial charge < -0.3 is 9.64 Å². The second kappa shape index (κ2) is 7.28. The number of carbonyl (C=O) groups excluding carboxylic acids is 1. The summed E-state index contributed by atoms with van der Waals surface area (Å²) in [4.78, 5) is 26.4. The van der Waals surface area contributed by atoms with E-state index in [1.54, 1.807) is 39.9 Å². The number of benzene rings is 2. The Morgan fingerprint density at radius 1 is 1.19 bits per heavy atom. The molecule has 2 aromatic carbocycles. The van der Waals surface area contributed by atoms with Crippen LogP contribution in [0.3, 0.4) is 0 Å². The third kappa shape index (κ3) is 3.59. The molecule has 4 rings (SSSR count). The van der Waals surface area contributed by atoms with Crippen molar-refractivity contribution in [2.24, 2.45) is 0 Å².